The third-order valence-corrected chi connectivity index (χ3v) is 5.12. The molecule has 1 saturated heterocycles. The van der Waals surface area contributed by atoms with E-state index in [-0.39, 0.29) is 22.4 Å². The van der Waals surface area contributed by atoms with Gasteiger partial charge in [0, 0.05) is 11.6 Å². The van der Waals surface area contributed by atoms with Crippen LogP contribution in [0.4, 0.5) is 14.5 Å². The van der Waals surface area contributed by atoms with Gasteiger partial charge in [-0.25, -0.2) is 8.78 Å². The summed E-state index contributed by atoms with van der Waals surface area (Å²) < 4.78 is 28.5. The smallest absolute Gasteiger partial charge is 0.300 e. The summed E-state index contributed by atoms with van der Waals surface area (Å²) in [6.45, 7) is 1.85. The van der Waals surface area contributed by atoms with Crippen LogP contribution in [0, 0.1) is 18.6 Å². The molecule has 7 heteroatoms. The van der Waals surface area contributed by atoms with Gasteiger partial charge in [0.25, 0.3) is 11.7 Å². The van der Waals surface area contributed by atoms with Gasteiger partial charge in [0.1, 0.15) is 23.1 Å². The second-order valence-corrected chi connectivity index (χ2v) is 7.23. The number of nitrogens with zero attached hydrogens (tertiary/aromatic N) is 1. The fourth-order valence-electron chi connectivity index (χ4n) is 3.63. The number of amides is 1. The van der Waals surface area contributed by atoms with E-state index in [0.717, 1.165) is 28.7 Å². The van der Waals surface area contributed by atoms with Crippen molar-refractivity contribution >= 4 is 23.1 Å². The highest BCUT2D eigenvalue weighted by Crippen LogP contribution is 2.43. The van der Waals surface area contributed by atoms with Crippen molar-refractivity contribution in [3.05, 3.63) is 101 Å². The van der Waals surface area contributed by atoms with Crippen LogP contribution >= 0.6 is 0 Å². The molecular weight excluding hydrogens is 404 g/mol. The van der Waals surface area contributed by atoms with E-state index in [9.17, 15) is 28.6 Å². The zero-order valence-electron chi connectivity index (χ0n) is 16.3. The molecule has 0 saturated carbocycles. The second kappa shape index (κ2) is 7.68. The first-order valence-corrected chi connectivity index (χ1v) is 9.40. The number of carbonyl (C=O) groups excluding carboxylic acids is 2. The van der Waals surface area contributed by atoms with E-state index >= 15 is 0 Å². The molecule has 5 nitrogen and oxygen atoms in total. The van der Waals surface area contributed by atoms with Crippen LogP contribution in [0.25, 0.3) is 5.76 Å². The molecule has 0 radical (unpaired) electrons. The largest absolute Gasteiger partial charge is 0.508 e. The van der Waals surface area contributed by atoms with Crippen molar-refractivity contribution in [1.82, 2.24) is 0 Å². The van der Waals surface area contributed by atoms with E-state index in [2.05, 4.69) is 0 Å². The van der Waals surface area contributed by atoms with Gasteiger partial charge in [-0.15, -0.1) is 0 Å². The summed E-state index contributed by atoms with van der Waals surface area (Å²) in [6.07, 6.45) is 0. The van der Waals surface area contributed by atoms with Gasteiger partial charge in [-0.2, -0.15) is 0 Å². The van der Waals surface area contributed by atoms with Crippen molar-refractivity contribution in [2.24, 2.45) is 0 Å². The number of halogens is 2. The van der Waals surface area contributed by atoms with Crippen molar-refractivity contribution in [2.75, 3.05) is 4.90 Å². The number of rotatable bonds is 3. The van der Waals surface area contributed by atoms with Gasteiger partial charge in [0.15, 0.2) is 0 Å². The Hall–Kier alpha value is -4.00. The monoisotopic (exact) mass is 421 g/mol. The summed E-state index contributed by atoms with van der Waals surface area (Å²) in [5, 5.41) is 20.9. The maximum absolute atomic E-state index is 14.6. The molecule has 0 bridgehead atoms. The minimum Gasteiger partial charge on any atom is -0.508 e. The summed E-state index contributed by atoms with van der Waals surface area (Å²) in [5.41, 5.74) is 0.717. The highest BCUT2D eigenvalue weighted by Gasteiger charge is 2.47. The Labute approximate surface area is 176 Å². The van der Waals surface area contributed by atoms with E-state index in [1.807, 2.05) is 6.92 Å². The normalized spacial score (nSPS) is 17.9. The number of aryl methyl sites for hydroxylation is 1. The average Bonchev–Trinajstić information content (AvgIpc) is 3.00. The number of anilines is 1. The van der Waals surface area contributed by atoms with Gasteiger partial charge >= 0.3 is 0 Å². The van der Waals surface area contributed by atoms with Crippen LogP contribution in [0.2, 0.25) is 0 Å². The van der Waals surface area contributed by atoms with Gasteiger partial charge in [0.2, 0.25) is 0 Å². The molecule has 31 heavy (non-hydrogen) atoms. The number of carbonyl (C=O) groups is 2. The highest BCUT2D eigenvalue weighted by molar-refractivity contribution is 6.51. The molecule has 156 valence electrons. The topological polar surface area (TPSA) is 77.8 Å². The molecule has 1 fully saturated rings. The Morgan fingerprint density at radius 3 is 2.35 bits per heavy atom. The molecule has 1 unspecified atom stereocenters. The third-order valence-electron chi connectivity index (χ3n) is 5.12. The van der Waals surface area contributed by atoms with Crippen LogP contribution in [0.3, 0.4) is 0 Å². The number of benzene rings is 3. The second-order valence-electron chi connectivity index (χ2n) is 7.23. The molecule has 3 aromatic carbocycles. The lowest BCUT2D eigenvalue weighted by atomic mass is 9.94. The van der Waals surface area contributed by atoms with Gasteiger partial charge in [-0.1, -0.05) is 42.0 Å². The third kappa shape index (κ3) is 3.54. The summed E-state index contributed by atoms with van der Waals surface area (Å²) in [5.74, 6) is -4.49. The zero-order valence-corrected chi connectivity index (χ0v) is 16.3. The van der Waals surface area contributed by atoms with Gasteiger partial charge in [-0.05, 0) is 36.8 Å². The fourth-order valence-corrected chi connectivity index (χ4v) is 3.63. The van der Waals surface area contributed by atoms with Crippen LogP contribution in [0.5, 0.6) is 5.75 Å². The zero-order chi connectivity index (χ0) is 22.3. The molecule has 0 aliphatic carbocycles. The number of phenolic OH excluding ortho intramolecular Hbond substituents is 1. The van der Waals surface area contributed by atoms with Crippen LogP contribution in [0.1, 0.15) is 22.7 Å². The lowest BCUT2D eigenvalue weighted by molar-refractivity contribution is -0.132. The SMILES string of the molecule is Cc1ccc(/C(O)=C2\C(=O)C(=O)N(c3cc(F)ccc3F)C2c2cccc(O)c2)cc1. The molecular formula is C24H17F2NO4. The number of Topliss-reactive ketones (excluding diaryl/α,β-unsaturated/α-hetero) is 1. The molecule has 0 spiro atoms. The summed E-state index contributed by atoms with van der Waals surface area (Å²) in [7, 11) is 0. The summed E-state index contributed by atoms with van der Waals surface area (Å²) >= 11 is 0. The maximum Gasteiger partial charge on any atom is 0.300 e. The van der Waals surface area contributed by atoms with Crippen molar-refractivity contribution < 1.29 is 28.6 Å². The van der Waals surface area contributed by atoms with E-state index in [4.69, 9.17) is 0 Å². The van der Waals surface area contributed by atoms with Crippen molar-refractivity contribution in [1.29, 1.82) is 0 Å². The Balaban J connectivity index is 1.99. The molecule has 1 aliphatic rings. The summed E-state index contributed by atoms with van der Waals surface area (Å²) in [4.78, 5) is 26.7. The Morgan fingerprint density at radius 1 is 0.968 bits per heavy atom. The van der Waals surface area contributed by atoms with E-state index in [1.54, 1.807) is 24.3 Å². The van der Waals surface area contributed by atoms with Crippen LogP contribution < -0.4 is 4.90 Å². The van der Waals surface area contributed by atoms with Crippen LogP contribution in [-0.2, 0) is 9.59 Å². The lowest BCUT2D eigenvalue weighted by Crippen LogP contribution is -2.30. The van der Waals surface area contributed by atoms with E-state index in [1.165, 1.54) is 24.3 Å². The Kier molecular flexibility index (Phi) is 5.02. The number of hydrogen-bond donors (Lipinski definition) is 2. The predicted octanol–water partition coefficient (Wildman–Crippen LogP) is 4.61. The molecule has 2 N–H and O–H groups in total. The van der Waals surface area contributed by atoms with E-state index < -0.39 is 40.8 Å². The number of aliphatic hydroxyl groups excluding tert-OH is 1. The molecule has 0 aromatic heterocycles. The number of hydrogen-bond acceptors (Lipinski definition) is 4. The quantitative estimate of drug-likeness (QED) is 0.368. The molecule has 1 atom stereocenters. The number of ketones is 1. The number of phenols is 1. The predicted molar refractivity (Wildman–Crippen MR) is 110 cm³/mol. The van der Waals surface area contributed by atoms with Crippen LogP contribution in [-0.4, -0.2) is 21.9 Å². The number of aromatic hydroxyl groups is 1. The minimum absolute atomic E-state index is 0.155. The first-order valence-electron chi connectivity index (χ1n) is 9.40. The summed E-state index contributed by atoms with van der Waals surface area (Å²) in [6, 6.07) is 13.6. The molecule has 1 aliphatic heterocycles. The van der Waals surface area contributed by atoms with Crippen molar-refractivity contribution in [2.45, 2.75) is 13.0 Å². The molecule has 1 amide bonds. The lowest BCUT2D eigenvalue weighted by Gasteiger charge is -2.26. The standard InChI is InChI=1S/C24H17F2NO4/c1-13-5-7-14(8-6-13)22(29)20-21(15-3-2-4-17(28)11-15)27(24(31)23(20)30)19-12-16(25)9-10-18(19)26/h2-12,21,28-29H,1H3/b22-20+. The fraction of sp³-hybridized carbons (Fsp3) is 0.0833. The molecule has 3 aromatic rings. The van der Waals surface area contributed by atoms with Gasteiger partial charge in [0.05, 0.1) is 17.3 Å². The van der Waals surface area contributed by atoms with E-state index in [0.29, 0.717) is 0 Å². The number of aliphatic hydroxyl groups is 1. The van der Waals surface area contributed by atoms with Crippen molar-refractivity contribution in [3.63, 3.8) is 0 Å². The Morgan fingerprint density at radius 2 is 1.68 bits per heavy atom. The van der Waals surface area contributed by atoms with Crippen molar-refractivity contribution in [3.8, 4) is 5.75 Å². The average molecular weight is 421 g/mol. The highest BCUT2D eigenvalue weighted by atomic mass is 19.1. The van der Waals surface area contributed by atoms with Crippen LogP contribution in [0.15, 0.2) is 72.3 Å². The first-order chi connectivity index (χ1) is 14.8. The van der Waals surface area contributed by atoms with Gasteiger partial charge < -0.3 is 10.2 Å². The minimum atomic E-state index is -1.27. The van der Waals surface area contributed by atoms with Gasteiger partial charge in [-0.3, -0.25) is 14.5 Å². The Bertz CT molecular complexity index is 1230. The first kappa shape index (κ1) is 20.3. The maximum atomic E-state index is 14.6. The molecule has 4 rings (SSSR count). The molecule has 1 heterocycles.